The fourth-order valence-corrected chi connectivity index (χ4v) is 4.65. The number of halogens is 1. The van der Waals surface area contributed by atoms with Gasteiger partial charge >= 0.3 is 0 Å². The number of carbonyl (C=O) groups excluding carboxylic acids is 2. The molecule has 2 aromatic rings. The Morgan fingerprint density at radius 1 is 1.35 bits per heavy atom. The number of hydrogen-bond acceptors (Lipinski definition) is 5. The number of nitrogens with two attached hydrogens (primary N) is 1. The van der Waals surface area contributed by atoms with E-state index in [1.165, 1.54) is 24.5 Å². The van der Waals surface area contributed by atoms with Gasteiger partial charge in [-0.25, -0.2) is 0 Å². The van der Waals surface area contributed by atoms with Crippen LogP contribution >= 0.6 is 35.2 Å². The second kappa shape index (κ2) is 7.61. The maximum atomic E-state index is 12.5. The number of thiophene rings is 1. The van der Waals surface area contributed by atoms with E-state index in [2.05, 4.69) is 10.6 Å². The molecule has 0 aliphatic heterocycles. The number of ether oxygens (including phenoxy) is 1. The number of primary amides is 1. The smallest absolute Gasteiger partial charge is 0.261 e. The zero-order valence-electron chi connectivity index (χ0n) is 13.8. The van der Waals surface area contributed by atoms with Crippen LogP contribution in [0, 0.1) is 0 Å². The van der Waals surface area contributed by atoms with E-state index in [9.17, 15) is 9.59 Å². The molecule has 0 atom stereocenters. The minimum Gasteiger partial charge on any atom is -0.496 e. The number of carbonyl (C=O) groups is 2. The van der Waals surface area contributed by atoms with Crippen molar-refractivity contribution in [2.45, 2.75) is 19.3 Å². The molecule has 136 valence electrons. The number of rotatable bonds is 4. The second-order valence-electron chi connectivity index (χ2n) is 5.68. The van der Waals surface area contributed by atoms with Crippen LogP contribution in [-0.4, -0.2) is 24.0 Å². The molecule has 2 amide bonds. The maximum Gasteiger partial charge on any atom is 0.261 e. The van der Waals surface area contributed by atoms with Crippen molar-refractivity contribution in [1.29, 1.82) is 0 Å². The van der Waals surface area contributed by atoms with E-state index in [0.717, 1.165) is 29.7 Å². The number of amides is 2. The molecule has 4 N–H and O–H groups in total. The van der Waals surface area contributed by atoms with Gasteiger partial charge in [0.1, 0.15) is 10.8 Å². The number of anilines is 1. The first-order valence-electron chi connectivity index (χ1n) is 7.81. The number of benzene rings is 1. The third kappa shape index (κ3) is 3.67. The van der Waals surface area contributed by atoms with Crippen LogP contribution in [0.25, 0.3) is 0 Å². The highest BCUT2D eigenvalue weighted by molar-refractivity contribution is 7.80. The van der Waals surface area contributed by atoms with Crippen molar-refractivity contribution >= 4 is 57.1 Å². The summed E-state index contributed by atoms with van der Waals surface area (Å²) in [5, 5.41) is 6.53. The highest BCUT2D eigenvalue weighted by Gasteiger charge is 2.26. The molecule has 9 heteroatoms. The molecule has 1 aromatic carbocycles. The summed E-state index contributed by atoms with van der Waals surface area (Å²) in [7, 11) is 1.46. The maximum absolute atomic E-state index is 12.5. The fraction of sp³-hybridized carbons (Fsp3) is 0.235. The first kappa shape index (κ1) is 18.6. The van der Waals surface area contributed by atoms with Gasteiger partial charge in [-0.2, -0.15) is 0 Å². The summed E-state index contributed by atoms with van der Waals surface area (Å²) in [6.07, 6.45) is 2.75. The van der Waals surface area contributed by atoms with Gasteiger partial charge in [0.05, 0.1) is 18.2 Å². The van der Waals surface area contributed by atoms with Crippen molar-refractivity contribution in [2.75, 3.05) is 12.4 Å². The van der Waals surface area contributed by atoms with Gasteiger partial charge in [-0.15, -0.1) is 11.3 Å². The third-order valence-electron chi connectivity index (χ3n) is 4.03. The quantitative estimate of drug-likeness (QED) is 0.674. The molecule has 6 nitrogen and oxygen atoms in total. The van der Waals surface area contributed by atoms with Crippen LogP contribution in [0.15, 0.2) is 18.2 Å². The summed E-state index contributed by atoms with van der Waals surface area (Å²) < 4.78 is 5.17. The molecule has 1 aliphatic carbocycles. The van der Waals surface area contributed by atoms with Crippen molar-refractivity contribution in [3.63, 3.8) is 0 Å². The lowest BCUT2D eigenvalue weighted by Crippen LogP contribution is -2.34. The van der Waals surface area contributed by atoms with Gasteiger partial charge in [0.15, 0.2) is 5.11 Å². The summed E-state index contributed by atoms with van der Waals surface area (Å²) in [4.78, 5) is 25.4. The minimum atomic E-state index is -0.502. The van der Waals surface area contributed by atoms with Crippen LogP contribution < -0.4 is 21.1 Å². The molecule has 0 radical (unpaired) electrons. The SMILES string of the molecule is COc1ccc(Cl)cc1C(=O)NC(=S)Nc1sc2c(c1C(N)=O)CCC2. The van der Waals surface area contributed by atoms with Crippen LogP contribution in [0.1, 0.15) is 37.6 Å². The van der Waals surface area contributed by atoms with Crippen molar-refractivity contribution < 1.29 is 14.3 Å². The Labute approximate surface area is 164 Å². The van der Waals surface area contributed by atoms with Crippen LogP contribution in [0.4, 0.5) is 5.00 Å². The Kier molecular flexibility index (Phi) is 5.45. The lowest BCUT2D eigenvalue weighted by atomic mass is 10.1. The monoisotopic (exact) mass is 409 g/mol. The van der Waals surface area contributed by atoms with Crippen LogP contribution in [0.3, 0.4) is 0 Å². The molecule has 1 aromatic heterocycles. The zero-order valence-corrected chi connectivity index (χ0v) is 16.2. The second-order valence-corrected chi connectivity index (χ2v) is 7.63. The van der Waals surface area contributed by atoms with Crippen molar-refractivity contribution in [2.24, 2.45) is 5.73 Å². The van der Waals surface area contributed by atoms with Gasteiger partial charge in [-0.1, -0.05) is 11.6 Å². The molecule has 0 spiro atoms. The normalized spacial score (nSPS) is 12.4. The van der Waals surface area contributed by atoms with E-state index in [0.29, 0.717) is 21.3 Å². The van der Waals surface area contributed by atoms with Gasteiger partial charge in [0.25, 0.3) is 11.8 Å². The molecule has 0 fully saturated rings. The van der Waals surface area contributed by atoms with Gasteiger partial charge < -0.3 is 15.8 Å². The number of fused-ring (bicyclic) bond motifs is 1. The number of aryl methyl sites for hydroxylation is 1. The Morgan fingerprint density at radius 2 is 2.12 bits per heavy atom. The first-order valence-corrected chi connectivity index (χ1v) is 9.41. The summed E-state index contributed by atoms with van der Waals surface area (Å²) in [5.74, 6) is -0.591. The lowest BCUT2D eigenvalue weighted by Gasteiger charge is -2.12. The predicted molar refractivity (Wildman–Crippen MR) is 107 cm³/mol. The average Bonchev–Trinajstić information content (AvgIpc) is 3.14. The minimum absolute atomic E-state index is 0.0689. The number of hydrogen-bond donors (Lipinski definition) is 3. The summed E-state index contributed by atoms with van der Waals surface area (Å²) in [5.41, 5.74) is 7.22. The topological polar surface area (TPSA) is 93.4 Å². The van der Waals surface area contributed by atoms with E-state index in [4.69, 9.17) is 34.3 Å². The molecular weight excluding hydrogens is 394 g/mol. The Balaban J connectivity index is 1.77. The molecule has 0 saturated heterocycles. The van der Waals surface area contributed by atoms with E-state index in [1.54, 1.807) is 12.1 Å². The Hall–Kier alpha value is -2.16. The van der Waals surface area contributed by atoms with Crippen LogP contribution in [-0.2, 0) is 12.8 Å². The van der Waals surface area contributed by atoms with Crippen LogP contribution in [0.2, 0.25) is 5.02 Å². The molecular formula is C17H16ClN3O3S2. The first-order chi connectivity index (χ1) is 12.4. The number of methoxy groups -OCH3 is 1. The number of thiocarbonyl (C=S) groups is 1. The molecule has 0 bridgehead atoms. The number of nitrogens with one attached hydrogen (secondary N) is 2. The van der Waals surface area contributed by atoms with Crippen molar-refractivity contribution in [1.82, 2.24) is 5.32 Å². The van der Waals surface area contributed by atoms with E-state index in [1.807, 2.05) is 0 Å². The zero-order chi connectivity index (χ0) is 18.8. The average molecular weight is 410 g/mol. The van der Waals surface area contributed by atoms with Crippen molar-refractivity contribution in [3.8, 4) is 5.75 Å². The molecule has 0 unspecified atom stereocenters. The van der Waals surface area contributed by atoms with E-state index in [-0.39, 0.29) is 10.7 Å². The van der Waals surface area contributed by atoms with Gasteiger partial charge in [-0.3, -0.25) is 14.9 Å². The van der Waals surface area contributed by atoms with Gasteiger partial charge in [0, 0.05) is 9.90 Å². The summed E-state index contributed by atoms with van der Waals surface area (Å²) in [6.45, 7) is 0. The standard InChI is InChI=1S/C17H16ClN3O3S2/c1-24-11-6-5-8(18)7-10(11)15(23)20-17(25)21-16-13(14(19)22)9-3-2-4-12(9)26-16/h5-7H,2-4H2,1H3,(H2,19,22)(H2,20,21,23,25). The van der Waals surface area contributed by atoms with Crippen molar-refractivity contribution in [3.05, 3.63) is 44.8 Å². The largest absolute Gasteiger partial charge is 0.496 e. The van der Waals surface area contributed by atoms with Gasteiger partial charge in [0.2, 0.25) is 0 Å². The van der Waals surface area contributed by atoms with E-state index < -0.39 is 11.8 Å². The van der Waals surface area contributed by atoms with E-state index >= 15 is 0 Å². The summed E-state index contributed by atoms with van der Waals surface area (Å²) in [6, 6.07) is 4.72. The Morgan fingerprint density at radius 3 is 2.81 bits per heavy atom. The molecule has 1 heterocycles. The molecule has 26 heavy (non-hydrogen) atoms. The summed E-state index contributed by atoms with van der Waals surface area (Å²) >= 11 is 12.6. The Bertz CT molecular complexity index is 911. The molecule has 1 aliphatic rings. The van der Waals surface area contributed by atoms with Crippen LogP contribution in [0.5, 0.6) is 5.75 Å². The van der Waals surface area contributed by atoms with Gasteiger partial charge in [-0.05, 0) is 55.2 Å². The predicted octanol–water partition coefficient (Wildman–Crippen LogP) is 3.12. The lowest BCUT2D eigenvalue weighted by molar-refractivity contribution is 0.0972. The molecule has 0 saturated carbocycles. The fourth-order valence-electron chi connectivity index (χ4n) is 2.92. The highest BCUT2D eigenvalue weighted by atomic mass is 35.5. The highest BCUT2D eigenvalue weighted by Crippen LogP contribution is 2.38. The molecule has 3 rings (SSSR count). The third-order valence-corrected chi connectivity index (χ3v) is 5.67.